The summed E-state index contributed by atoms with van der Waals surface area (Å²) in [7, 11) is 1.51. The summed E-state index contributed by atoms with van der Waals surface area (Å²) in [5, 5.41) is 13.8. The molecule has 0 aromatic heterocycles. The quantitative estimate of drug-likeness (QED) is 0.0249. The number of unbranched alkanes of at least 4 members (excludes halogenated alkanes) is 15. The summed E-state index contributed by atoms with van der Waals surface area (Å²) in [6.07, 6.45) is 49.8. The van der Waals surface area contributed by atoms with Gasteiger partial charge >= 0.3 is 7.82 Å². The van der Waals surface area contributed by atoms with Gasteiger partial charge in [0, 0.05) is 6.42 Å². The van der Waals surface area contributed by atoms with Crippen LogP contribution in [0.15, 0.2) is 72.9 Å². The molecule has 0 aromatic rings. The highest BCUT2D eigenvalue weighted by atomic mass is 31.2. The molecule has 0 rings (SSSR count). The maximum Gasteiger partial charge on any atom is 0.472 e. The van der Waals surface area contributed by atoms with E-state index in [-0.39, 0.29) is 19.1 Å². The smallest absolute Gasteiger partial charge is 0.387 e. The molecule has 3 unspecified atom stereocenters. The SMILES string of the molecule is CC/C=C\C/C=C\C/C=C\CCCCCC(=O)NC(COP(=O)(O)OCC[N+](C)(C)C)C(O)/C=C/CC/C=C/CC/C=C/CCCCCCCCCCCC. The monoisotopic (exact) mass is 792 g/mol. The van der Waals surface area contributed by atoms with Crippen LogP contribution < -0.4 is 5.32 Å². The molecule has 0 saturated heterocycles. The average Bonchev–Trinajstić information content (AvgIpc) is 3.13. The molecule has 3 atom stereocenters. The van der Waals surface area contributed by atoms with Gasteiger partial charge in [0.2, 0.25) is 5.91 Å². The van der Waals surface area contributed by atoms with E-state index in [1.54, 1.807) is 6.08 Å². The Morgan fingerprint density at radius 2 is 1.11 bits per heavy atom. The van der Waals surface area contributed by atoms with Crippen molar-refractivity contribution < 1.29 is 32.9 Å². The lowest BCUT2D eigenvalue weighted by atomic mass is 10.1. The van der Waals surface area contributed by atoms with Crippen LogP contribution in [0.1, 0.15) is 162 Å². The Morgan fingerprint density at radius 1 is 0.636 bits per heavy atom. The van der Waals surface area contributed by atoms with Crippen LogP contribution in [0.25, 0.3) is 0 Å². The van der Waals surface area contributed by atoms with Crippen LogP contribution in [-0.2, 0) is 18.4 Å². The maximum absolute atomic E-state index is 12.8. The molecular formula is C46H84N2O6P+. The third-order valence-corrected chi connectivity index (χ3v) is 10.1. The van der Waals surface area contributed by atoms with E-state index < -0.39 is 20.0 Å². The zero-order chi connectivity index (χ0) is 40.7. The van der Waals surface area contributed by atoms with E-state index in [0.29, 0.717) is 17.4 Å². The van der Waals surface area contributed by atoms with Crippen LogP contribution in [0, 0.1) is 0 Å². The molecule has 0 aromatic carbocycles. The second-order valence-corrected chi connectivity index (χ2v) is 17.1. The van der Waals surface area contributed by atoms with Crippen LogP contribution in [-0.4, -0.2) is 73.4 Å². The molecule has 0 aliphatic carbocycles. The average molecular weight is 792 g/mol. The first kappa shape index (κ1) is 52.9. The van der Waals surface area contributed by atoms with Crippen molar-refractivity contribution in [3.63, 3.8) is 0 Å². The van der Waals surface area contributed by atoms with E-state index in [2.05, 4.69) is 79.9 Å². The first-order chi connectivity index (χ1) is 26.5. The van der Waals surface area contributed by atoms with E-state index in [4.69, 9.17) is 9.05 Å². The fourth-order valence-electron chi connectivity index (χ4n) is 5.67. The second-order valence-electron chi connectivity index (χ2n) is 15.7. The number of phosphoric acid groups is 1. The Morgan fingerprint density at radius 3 is 1.67 bits per heavy atom. The number of quaternary nitrogens is 1. The Hall–Kier alpha value is -2.06. The number of hydrogen-bond acceptors (Lipinski definition) is 5. The maximum atomic E-state index is 12.8. The first-order valence-electron chi connectivity index (χ1n) is 21.8. The van der Waals surface area contributed by atoms with Crippen molar-refractivity contribution in [1.29, 1.82) is 0 Å². The fraction of sp³-hybridized carbons (Fsp3) is 0.717. The van der Waals surface area contributed by atoms with Crippen molar-refractivity contribution >= 4 is 13.7 Å². The number of nitrogens with zero attached hydrogens (tertiary/aromatic N) is 1. The molecule has 0 aliphatic heterocycles. The van der Waals surface area contributed by atoms with Gasteiger partial charge in [-0.3, -0.25) is 13.8 Å². The number of aliphatic hydroxyl groups excluding tert-OH is 1. The topological polar surface area (TPSA) is 105 Å². The highest BCUT2D eigenvalue weighted by Gasteiger charge is 2.27. The van der Waals surface area contributed by atoms with Crippen molar-refractivity contribution in [2.45, 2.75) is 174 Å². The molecular weight excluding hydrogens is 707 g/mol. The van der Waals surface area contributed by atoms with Gasteiger partial charge in [0.25, 0.3) is 0 Å². The second kappa shape index (κ2) is 37.5. The summed E-state index contributed by atoms with van der Waals surface area (Å²) >= 11 is 0. The molecule has 8 nitrogen and oxygen atoms in total. The van der Waals surface area contributed by atoms with Crippen molar-refractivity contribution in [1.82, 2.24) is 5.32 Å². The van der Waals surface area contributed by atoms with E-state index in [1.807, 2.05) is 27.2 Å². The molecule has 0 bridgehead atoms. The van der Waals surface area contributed by atoms with Crippen LogP contribution >= 0.6 is 7.82 Å². The summed E-state index contributed by atoms with van der Waals surface area (Å²) < 4.78 is 23.5. The van der Waals surface area contributed by atoms with Crippen LogP contribution in [0.2, 0.25) is 0 Å². The molecule has 3 N–H and O–H groups in total. The molecule has 318 valence electrons. The highest BCUT2D eigenvalue weighted by molar-refractivity contribution is 7.47. The predicted octanol–water partition coefficient (Wildman–Crippen LogP) is 12.0. The summed E-state index contributed by atoms with van der Waals surface area (Å²) in [4.78, 5) is 23.0. The molecule has 0 fully saturated rings. The van der Waals surface area contributed by atoms with Gasteiger partial charge in [-0.25, -0.2) is 4.57 Å². The van der Waals surface area contributed by atoms with Crippen molar-refractivity contribution in [2.75, 3.05) is 40.9 Å². The number of amides is 1. The molecule has 0 aliphatic rings. The van der Waals surface area contributed by atoms with Crippen LogP contribution in [0.5, 0.6) is 0 Å². The summed E-state index contributed by atoms with van der Waals surface area (Å²) in [6, 6.07) is -0.887. The predicted molar refractivity (Wildman–Crippen MR) is 235 cm³/mol. The number of carbonyl (C=O) groups is 1. The first-order valence-corrected chi connectivity index (χ1v) is 23.3. The van der Waals surface area contributed by atoms with Gasteiger partial charge in [-0.2, -0.15) is 0 Å². The zero-order valence-corrected chi connectivity index (χ0v) is 36.8. The molecule has 9 heteroatoms. The van der Waals surface area contributed by atoms with Gasteiger partial charge in [0.05, 0.1) is 39.9 Å². The molecule has 0 spiro atoms. The standard InChI is InChI=1S/C46H83N2O6P/c1-6-8-10-12-14-16-18-20-21-22-23-24-25-26-28-29-31-33-35-37-39-45(49)44(43-54-55(51,52)53-42-41-48(3,4)5)47-46(50)40-38-36-34-32-30-27-19-17-15-13-11-9-7-2/h9,11,15,17,24-25,27,29-31,37,39,44-45,49H,6-8,10,12-14,16,18-23,26,28,32-36,38,40-43H2,1-5H3,(H-,47,50,51,52)/p+1/b11-9-,17-15-,25-24+,30-27-,31-29+,39-37+. The number of phosphoric ester groups is 1. The Balaban J connectivity index is 4.56. The Bertz CT molecular complexity index is 1120. The van der Waals surface area contributed by atoms with E-state index in [0.717, 1.165) is 70.6 Å². The minimum Gasteiger partial charge on any atom is -0.387 e. The van der Waals surface area contributed by atoms with Gasteiger partial charge in [-0.15, -0.1) is 0 Å². The third-order valence-electron chi connectivity index (χ3n) is 9.14. The van der Waals surface area contributed by atoms with Crippen molar-refractivity contribution in [3.8, 4) is 0 Å². The zero-order valence-electron chi connectivity index (χ0n) is 35.9. The van der Waals surface area contributed by atoms with Gasteiger partial charge in [-0.05, 0) is 77.0 Å². The summed E-state index contributed by atoms with van der Waals surface area (Å²) in [5.74, 6) is -0.224. The van der Waals surface area contributed by atoms with Crippen molar-refractivity contribution in [3.05, 3.63) is 72.9 Å². The number of hydrogen-bond donors (Lipinski definition) is 3. The van der Waals surface area contributed by atoms with Crippen LogP contribution in [0.3, 0.4) is 0 Å². The van der Waals surface area contributed by atoms with Gasteiger partial charge in [-0.1, -0.05) is 151 Å². The largest absolute Gasteiger partial charge is 0.472 e. The summed E-state index contributed by atoms with van der Waals surface area (Å²) in [6.45, 7) is 4.62. The Labute approximate surface area is 338 Å². The number of likely N-dealkylation sites (N-methyl/N-ethyl adjacent to an activating group) is 1. The highest BCUT2D eigenvalue weighted by Crippen LogP contribution is 2.43. The number of aliphatic hydroxyl groups is 1. The van der Waals surface area contributed by atoms with Gasteiger partial charge < -0.3 is 19.8 Å². The molecule has 0 radical (unpaired) electrons. The lowest BCUT2D eigenvalue weighted by Crippen LogP contribution is -2.45. The number of carbonyl (C=O) groups excluding carboxylic acids is 1. The number of allylic oxidation sites excluding steroid dienone is 11. The summed E-state index contributed by atoms with van der Waals surface area (Å²) in [5.41, 5.74) is 0. The molecule has 0 heterocycles. The minimum absolute atomic E-state index is 0.0441. The normalized spacial score (nSPS) is 15.1. The van der Waals surface area contributed by atoms with E-state index >= 15 is 0 Å². The number of nitrogens with one attached hydrogen (secondary N) is 1. The molecule has 55 heavy (non-hydrogen) atoms. The van der Waals surface area contributed by atoms with Gasteiger partial charge in [0.15, 0.2) is 0 Å². The fourth-order valence-corrected chi connectivity index (χ4v) is 6.41. The number of rotatable bonds is 38. The van der Waals surface area contributed by atoms with Crippen LogP contribution in [0.4, 0.5) is 0 Å². The third kappa shape index (κ3) is 40.0. The van der Waals surface area contributed by atoms with E-state index in [1.165, 1.54) is 70.6 Å². The van der Waals surface area contributed by atoms with Crippen molar-refractivity contribution in [2.24, 2.45) is 0 Å². The Kier molecular flexibility index (Phi) is 36.1. The molecule has 0 saturated carbocycles. The lowest BCUT2D eigenvalue weighted by Gasteiger charge is -2.25. The minimum atomic E-state index is -4.36. The molecule has 1 amide bonds. The lowest BCUT2D eigenvalue weighted by molar-refractivity contribution is -0.870. The van der Waals surface area contributed by atoms with Gasteiger partial charge in [0.1, 0.15) is 13.2 Å². The van der Waals surface area contributed by atoms with E-state index in [9.17, 15) is 19.4 Å².